The van der Waals surface area contributed by atoms with E-state index >= 15 is 0 Å². The molecule has 10 nitrogen and oxygen atoms in total. The molecule has 0 atom stereocenters. The number of hydrogen-bond donors (Lipinski definition) is 2. The summed E-state index contributed by atoms with van der Waals surface area (Å²) in [5.74, 6) is -0.171. The number of nitriles is 1. The Kier molecular flexibility index (Phi) is 4.24. The number of aliphatic hydroxyl groups is 1. The molecule has 0 saturated heterocycles. The Labute approximate surface area is 167 Å². The molecule has 0 spiro atoms. The fourth-order valence-electron chi connectivity index (χ4n) is 3.12. The van der Waals surface area contributed by atoms with Crippen molar-refractivity contribution in [3.63, 3.8) is 0 Å². The van der Waals surface area contributed by atoms with Gasteiger partial charge in [0.25, 0.3) is 5.56 Å². The number of nitrogens with zero attached hydrogens (tertiary/aromatic N) is 6. The van der Waals surface area contributed by atoms with Crippen LogP contribution in [0.3, 0.4) is 0 Å². The molecule has 146 valence electrons. The number of rotatable bonds is 3. The Hall–Kier alpha value is -3.84. The molecule has 0 saturated carbocycles. The average Bonchev–Trinajstić information content (AvgIpc) is 3.27. The summed E-state index contributed by atoms with van der Waals surface area (Å²) in [5, 5.41) is 20.1. The minimum absolute atomic E-state index is 0.0352. The van der Waals surface area contributed by atoms with Crippen molar-refractivity contribution < 1.29 is 5.11 Å². The summed E-state index contributed by atoms with van der Waals surface area (Å²) in [5.41, 5.74) is 0.198. The Morgan fingerprint density at radius 1 is 1.24 bits per heavy atom. The standard InChI is InChI=1S/C18H14ClN7O3/c1-24-15-13(16(28)25(2)18(24)29)26(17(19)23-15)8-12(27)9(7-20)14-21-10-5-3-4-6-11(10)22-14/h3-6,27H,8H2,1-2H3,(H,21,22)/b12-9-. The second kappa shape index (κ2) is 6.65. The van der Waals surface area contributed by atoms with Gasteiger partial charge in [-0.25, -0.2) is 9.78 Å². The number of allylic oxidation sites excluding steroid dienone is 2. The number of benzene rings is 1. The van der Waals surface area contributed by atoms with E-state index < -0.39 is 11.2 Å². The van der Waals surface area contributed by atoms with Crippen LogP contribution in [0.4, 0.5) is 0 Å². The van der Waals surface area contributed by atoms with Gasteiger partial charge in [-0.3, -0.25) is 13.9 Å². The van der Waals surface area contributed by atoms with E-state index in [9.17, 15) is 20.0 Å². The number of H-pyrrole nitrogens is 1. The SMILES string of the molecule is Cn1c(=O)c2c(nc(Cl)n2C/C(O)=C(\C#N)c2nc3ccccc3[nH]2)n(C)c1=O. The third-order valence-corrected chi connectivity index (χ3v) is 4.92. The minimum Gasteiger partial charge on any atom is -0.509 e. The first-order chi connectivity index (χ1) is 13.8. The van der Waals surface area contributed by atoms with Gasteiger partial charge in [-0.05, 0) is 23.7 Å². The number of halogens is 1. The number of para-hydroxylation sites is 2. The third kappa shape index (κ3) is 2.79. The van der Waals surface area contributed by atoms with Crippen molar-refractivity contribution in [2.24, 2.45) is 14.1 Å². The molecule has 29 heavy (non-hydrogen) atoms. The van der Waals surface area contributed by atoms with E-state index in [4.69, 9.17) is 11.6 Å². The molecule has 0 aliphatic heterocycles. The first-order valence-corrected chi connectivity index (χ1v) is 8.80. The lowest BCUT2D eigenvalue weighted by Gasteiger charge is -2.08. The zero-order valence-corrected chi connectivity index (χ0v) is 16.1. The molecule has 0 radical (unpaired) electrons. The third-order valence-electron chi connectivity index (χ3n) is 4.64. The lowest BCUT2D eigenvalue weighted by Crippen LogP contribution is -2.37. The zero-order chi connectivity index (χ0) is 20.9. The van der Waals surface area contributed by atoms with Crippen molar-refractivity contribution in [3.05, 3.63) is 62.0 Å². The van der Waals surface area contributed by atoms with Crippen LogP contribution in [-0.2, 0) is 20.6 Å². The summed E-state index contributed by atoms with van der Waals surface area (Å²) in [6.45, 7) is -0.303. The van der Waals surface area contributed by atoms with Crippen molar-refractivity contribution in [3.8, 4) is 6.07 Å². The van der Waals surface area contributed by atoms with E-state index in [1.165, 1.54) is 23.2 Å². The highest BCUT2D eigenvalue weighted by molar-refractivity contribution is 6.29. The number of hydrogen-bond acceptors (Lipinski definition) is 6. The maximum Gasteiger partial charge on any atom is 0.332 e. The second-order valence-corrected chi connectivity index (χ2v) is 6.72. The van der Waals surface area contributed by atoms with Gasteiger partial charge >= 0.3 is 5.69 Å². The van der Waals surface area contributed by atoms with Gasteiger partial charge in [0.05, 0.1) is 17.6 Å². The van der Waals surface area contributed by atoms with E-state index in [1.54, 1.807) is 18.2 Å². The number of aromatic nitrogens is 6. The summed E-state index contributed by atoms with van der Waals surface area (Å²) in [7, 11) is 2.79. The Morgan fingerprint density at radius 2 is 1.97 bits per heavy atom. The van der Waals surface area contributed by atoms with Crippen LogP contribution in [0, 0.1) is 11.3 Å². The molecule has 1 aromatic carbocycles. The molecule has 0 aliphatic carbocycles. The molecule has 0 fully saturated rings. The molecule has 0 unspecified atom stereocenters. The van der Waals surface area contributed by atoms with Gasteiger partial charge in [-0.1, -0.05) is 12.1 Å². The van der Waals surface area contributed by atoms with E-state index in [0.29, 0.717) is 11.0 Å². The van der Waals surface area contributed by atoms with Gasteiger partial charge in [-0.2, -0.15) is 10.2 Å². The normalized spacial score (nSPS) is 12.3. The number of aryl methyl sites for hydroxylation is 1. The van der Waals surface area contributed by atoms with Gasteiger partial charge in [0.2, 0.25) is 5.28 Å². The lowest BCUT2D eigenvalue weighted by atomic mass is 10.2. The highest BCUT2D eigenvalue weighted by Crippen LogP contribution is 2.22. The summed E-state index contributed by atoms with van der Waals surface area (Å²) in [4.78, 5) is 36.0. The predicted octanol–water partition coefficient (Wildman–Crippen LogP) is 1.46. The van der Waals surface area contributed by atoms with Gasteiger partial charge in [0.1, 0.15) is 17.4 Å². The molecule has 4 rings (SSSR count). The summed E-state index contributed by atoms with van der Waals surface area (Å²) >= 11 is 6.17. The number of imidazole rings is 2. The highest BCUT2D eigenvalue weighted by Gasteiger charge is 2.21. The largest absolute Gasteiger partial charge is 0.509 e. The maximum atomic E-state index is 12.6. The van der Waals surface area contributed by atoms with Gasteiger partial charge < -0.3 is 14.7 Å². The number of aliphatic hydroxyl groups excluding tert-OH is 1. The molecule has 0 amide bonds. The average molecular weight is 412 g/mol. The van der Waals surface area contributed by atoms with Crippen molar-refractivity contribution in [1.82, 2.24) is 28.7 Å². The van der Waals surface area contributed by atoms with Crippen LogP contribution in [0.5, 0.6) is 0 Å². The summed E-state index contributed by atoms with van der Waals surface area (Å²) in [6, 6.07) is 9.11. The molecular formula is C18H14ClN7O3. The monoisotopic (exact) mass is 411 g/mol. The molecular weight excluding hydrogens is 398 g/mol. The molecule has 0 bridgehead atoms. The number of aromatic amines is 1. The lowest BCUT2D eigenvalue weighted by molar-refractivity contribution is 0.381. The zero-order valence-electron chi connectivity index (χ0n) is 15.3. The molecule has 4 aromatic rings. The van der Waals surface area contributed by atoms with Crippen molar-refractivity contribution >= 4 is 39.4 Å². The van der Waals surface area contributed by atoms with Gasteiger partial charge in [-0.15, -0.1) is 0 Å². The molecule has 2 N–H and O–H groups in total. The Bertz CT molecular complexity index is 1450. The summed E-state index contributed by atoms with van der Waals surface area (Å²) < 4.78 is 3.35. The Balaban J connectivity index is 1.89. The smallest absolute Gasteiger partial charge is 0.332 e. The van der Waals surface area contributed by atoms with Crippen molar-refractivity contribution in [2.75, 3.05) is 0 Å². The van der Waals surface area contributed by atoms with Crippen LogP contribution in [0.1, 0.15) is 5.82 Å². The van der Waals surface area contributed by atoms with Crippen LogP contribution >= 0.6 is 11.6 Å². The topological polar surface area (TPSA) is 135 Å². The number of fused-ring (bicyclic) bond motifs is 2. The molecule has 3 heterocycles. The molecule has 3 aromatic heterocycles. The maximum absolute atomic E-state index is 12.6. The van der Waals surface area contributed by atoms with Crippen LogP contribution < -0.4 is 11.2 Å². The molecule has 11 heteroatoms. The van der Waals surface area contributed by atoms with Crippen LogP contribution in [0.25, 0.3) is 27.8 Å². The van der Waals surface area contributed by atoms with E-state index in [2.05, 4.69) is 15.0 Å². The summed E-state index contributed by atoms with van der Waals surface area (Å²) in [6.07, 6.45) is 0. The Morgan fingerprint density at radius 3 is 2.66 bits per heavy atom. The minimum atomic E-state index is -0.613. The van der Waals surface area contributed by atoms with Crippen molar-refractivity contribution in [2.45, 2.75) is 6.54 Å². The fourth-order valence-corrected chi connectivity index (χ4v) is 3.34. The highest BCUT2D eigenvalue weighted by atomic mass is 35.5. The predicted molar refractivity (Wildman–Crippen MR) is 106 cm³/mol. The first kappa shape index (κ1) is 18.5. The van der Waals surface area contributed by atoms with E-state index in [1.807, 2.05) is 12.1 Å². The van der Waals surface area contributed by atoms with Crippen molar-refractivity contribution in [1.29, 1.82) is 5.26 Å². The van der Waals surface area contributed by atoms with E-state index in [-0.39, 0.29) is 40.1 Å². The molecule has 0 aliphatic rings. The van der Waals surface area contributed by atoms with Crippen LogP contribution in [0.2, 0.25) is 5.28 Å². The quantitative estimate of drug-likeness (QED) is 0.297. The number of nitrogens with one attached hydrogen (secondary N) is 1. The first-order valence-electron chi connectivity index (χ1n) is 8.42. The van der Waals surface area contributed by atoms with Gasteiger partial charge in [0, 0.05) is 14.1 Å². The van der Waals surface area contributed by atoms with Crippen LogP contribution in [0.15, 0.2) is 39.6 Å². The fraction of sp³-hybridized carbons (Fsp3) is 0.167. The van der Waals surface area contributed by atoms with E-state index in [0.717, 1.165) is 4.57 Å². The van der Waals surface area contributed by atoms with Gasteiger partial charge in [0.15, 0.2) is 17.0 Å². The van der Waals surface area contributed by atoms with Crippen LogP contribution in [-0.4, -0.2) is 33.8 Å². The second-order valence-electron chi connectivity index (χ2n) is 6.38.